The number of nitrogens with zero attached hydrogens (tertiary/aromatic N) is 3. The Morgan fingerprint density at radius 3 is 2.51 bits per heavy atom. The van der Waals surface area contributed by atoms with Crippen LogP contribution in [0.25, 0.3) is 5.69 Å². The molecule has 0 spiro atoms. The van der Waals surface area contributed by atoms with Crippen LogP contribution in [0.4, 0.5) is 23.2 Å². The summed E-state index contributed by atoms with van der Waals surface area (Å²) in [5.74, 6) is -1.11. The van der Waals surface area contributed by atoms with Crippen LogP contribution in [0.15, 0.2) is 73.1 Å². The highest BCUT2D eigenvalue weighted by Gasteiger charge is 2.36. The van der Waals surface area contributed by atoms with Crippen LogP contribution in [0.5, 0.6) is 0 Å². The van der Waals surface area contributed by atoms with Crippen molar-refractivity contribution in [2.75, 3.05) is 11.9 Å². The van der Waals surface area contributed by atoms with Crippen molar-refractivity contribution in [3.63, 3.8) is 0 Å². The predicted octanol–water partition coefficient (Wildman–Crippen LogP) is 5.23. The molecule has 1 aliphatic rings. The standard InChI is InChI=1S/C28H26F4N6O/c29-25-21(26(35-16-17-7-8-17)19-9-11-34-12-10-19)5-2-6-22(25)36-27(39)23-14-24(28(30,31)32)37-38(23)20-4-1-3-18(13-20)15-33/h1-6,9-14,17,26,35H,7-8,15-16,33H2,(H,36,39). The molecule has 1 saturated carbocycles. The number of amides is 1. The summed E-state index contributed by atoms with van der Waals surface area (Å²) >= 11 is 0. The maximum absolute atomic E-state index is 15.9. The summed E-state index contributed by atoms with van der Waals surface area (Å²) in [6.07, 6.45) is 0.655. The molecule has 0 bridgehead atoms. The number of pyridine rings is 1. The zero-order valence-corrected chi connectivity index (χ0v) is 20.8. The maximum Gasteiger partial charge on any atom is 0.435 e. The van der Waals surface area contributed by atoms with E-state index in [-0.39, 0.29) is 17.9 Å². The van der Waals surface area contributed by atoms with Crippen LogP contribution < -0.4 is 16.4 Å². The van der Waals surface area contributed by atoms with Crippen molar-refractivity contribution in [3.05, 3.63) is 107 Å². The van der Waals surface area contributed by atoms with E-state index >= 15 is 4.39 Å². The SMILES string of the molecule is NCc1cccc(-n2nc(C(F)(F)F)cc2C(=O)Nc2cccc(C(NCC3CC3)c3ccncc3)c2F)c1. The average Bonchev–Trinajstić information content (AvgIpc) is 3.64. The second kappa shape index (κ2) is 11.0. The first-order chi connectivity index (χ1) is 18.7. The highest BCUT2D eigenvalue weighted by atomic mass is 19.4. The lowest BCUT2D eigenvalue weighted by molar-refractivity contribution is -0.141. The van der Waals surface area contributed by atoms with Crippen molar-refractivity contribution < 1.29 is 22.4 Å². The summed E-state index contributed by atoms with van der Waals surface area (Å²) in [5, 5.41) is 9.47. The Morgan fingerprint density at radius 1 is 1.08 bits per heavy atom. The topological polar surface area (TPSA) is 97.9 Å². The van der Waals surface area contributed by atoms with E-state index in [0.717, 1.165) is 23.1 Å². The summed E-state index contributed by atoms with van der Waals surface area (Å²) < 4.78 is 57.3. The van der Waals surface area contributed by atoms with E-state index in [1.807, 2.05) is 0 Å². The number of rotatable bonds is 9. The molecule has 1 aliphatic carbocycles. The lowest BCUT2D eigenvalue weighted by atomic mass is 9.98. The molecule has 2 heterocycles. The maximum atomic E-state index is 15.9. The van der Waals surface area contributed by atoms with Gasteiger partial charge in [0.1, 0.15) is 5.69 Å². The predicted molar refractivity (Wildman–Crippen MR) is 138 cm³/mol. The van der Waals surface area contributed by atoms with Crippen LogP contribution in [-0.2, 0) is 12.7 Å². The zero-order chi connectivity index (χ0) is 27.6. The van der Waals surface area contributed by atoms with Crippen molar-refractivity contribution in [1.82, 2.24) is 20.1 Å². The fourth-order valence-corrected chi connectivity index (χ4v) is 4.32. The highest BCUT2D eigenvalue weighted by molar-refractivity contribution is 6.03. The molecule has 5 rings (SSSR count). The third kappa shape index (κ3) is 5.99. The van der Waals surface area contributed by atoms with Crippen LogP contribution in [0.1, 0.15) is 51.8 Å². The van der Waals surface area contributed by atoms with Crippen molar-refractivity contribution >= 4 is 11.6 Å². The third-order valence-electron chi connectivity index (χ3n) is 6.56. The first kappa shape index (κ1) is 26.5. The van der Waals surface area contributed by atoms with Gasteiger partial charge < -0.3 is 16.4 Å². The largest absolute Gasteiger partial charge is 0.435 e. The van der Waals surface area contributed by atoms with Crippen LogP contribution >= 0.6 is 0 Å². The number of alkyl halides is 3. The van der Waals surface area contributed by atoms with Gasteiger partial charge in [0.05, 0.1) is 17.4 Å². The van der Waals surface area contributed by atoms with Gasteiger partial charge in [0, 0.05) is 30.6 Å². The van der Waals surface area contributed by atoms with Crippen molar-refractivity contribution in [3.8, 4) is 5.69 Å². The lowest BCUT2D eigenvalue weighted by Crippen LogP contribution is -2.26. The molecule has 0 radical (unpaired) electrons. The van der Waals surface area contributed by atoms with Gasteiger partial charge in [-0.15, -0.1) is 0 Å². The quantitative estimate of drug-likeness (QED) is 0.254. The molecule has 1 amide bonds. The van der Waals surface area contributed by atoms with Gasteiger partial charge in [0.25, 0.3) is 5.91 Å². The number of hydrogen-bond acceptors (Lipinski definition) is 5. The van der Waals surface area contributed by atoms with E-state index in [2.05, 4.69) is 20.7 Å². The van der Waals surface area contributed by atoms with Gasteiger partial charge >= 0.3 is 6.18 Å². The van der Waals surface area contributed by atoms with E-state index in [4.69, 9.17) is 5.73 Å². The Labute approximate surface area is 222 Å². The summed E-state index contributed by atoms with van der Waals surface area (Å²) in [6.45, 7) is 0.846. The second-order valence-corrected chi connectivity index (χ2v) is 9.43. The van der Waals surface area contributed by atoms with Gasteiger partial charge in [-0.1, -0.05) is 24.3 Å². The molecule has 39 heavy (non-hydrogen) atoms. The number of benzene rings is 2. The normalized spacial score (nSPS) is 14.3. The van der Waals surface area contributed by atoms with E-state index in [1.165, 1.54) is 18.2 Å². The van der Waals surface area contributed by atoms with Crippen molar-refractivity contribution in [2.45, 2.75) is 31.6 Å². The third-order valence-corrected chi connectivity index (χ3v) is 6.56. The number of nitrogens with one attached hydrogen (secondary N) is 2. The Morgan fingerprint density at radius 2 is 1.82 bits per heavy atom. The first-order valence-electron chi connectivity index (χ1n) is 12.4. The van der Waals surface area contributed by atoms with Crippen LogP contribution in [0, 0.1) is 11.7 Å². The summed E-state index contributed by atoms with van der Waals surface area (Å²) in [5.41, 5.74) is 5.80. The molecule has 1 unspecified atom stereocenters. The Kier molecular flexibility index (Phi) is 7.45. The molecule has 2 aromatic heterocycles. The molecule has 0 aliphatic heterocycles. The Bertz CT molecular complexity index is 1470. The Hall–Kier alpha value is -4.09. The van der Waals surface area contributed by atoms with Gasteiger partial charge in [-0.25, -0.2) is 9.07 Å². The van der Waals surface area contributed by atoms with Crippen LogP contribution in [0.3, 0.4) is 0 Å². The second-order valence-electron chi connectivity index (χ2n) is 9.43. The minimum absolute atomic E-state index is 0.147. The molecule has 1 atom stereocenters. The van der Waals surface area contributed by atoms with Crippen molar-refractivity contribution in [2.24, 2.45) is 11.7 Å². The molecular weight excluding hydrogens is 512 g/mol. The smallest absolute Gasteiger partial charge is 0.326 e. The number of hydrogen-bond donors (Lipinski definition) is 3. The molecule has 4 N–H and O–H groups in total. The fourth-order valence-electron chi connectivity index (χ4n) is 4.32. The molecule has 202 valence electrons. The lowest BCUT2D eigenvalue weighted by Gasteiger charge is -2.21. The summed E-state index contributed by atoms with van der Waals surface area (Å²) in [6, 6.07) is 14.6. The van der Waals surface area contributed by atoms with E-state index in [1.54, 1.807) is 48.8 Å². The number of nitrogens with two attached hydrogens (primary N) is 1. The number of anilines is 1. The minimum Gasteiger partial charge on any atom is -0.326 e. The summed E-state index contributed by atoms with van der Waals surface area (Å²) in [7, 11) is 0. The van der Waals surface area contributed by atoms with Crippen LogP contribution in [-0.4, -0.2) is 27.2 Å². The Balaban J connectivity index is 1.48. The molecule has 2 aromatic carbocycles. The summed E-state index contributed by atoms with van der Waals surface area (Å²) in [4.78, 5) is 17.3. The number of carbonyl (C=O) groups excluding carboxylic acids is 1. The van der Waals surface area contributed by atoms with Crippen molar-refractivity contribution in [1.29, 1.82) is 0 Å². The molecular formula is C28H26F4N6O. The van der Waals surface area contributed by atoms with Gasteiger partial charge in [0.2, 0.25) is 0 Å². The first-order valence-corrected chi connectivity index (χ1v) is 12.4. The monoisotopic (exact) mass is 538 g/mol. The van der Waals surface area contributed by atoms with Gasteiger partial charge in [-0.3, -0.25) is 9.78 Å². The highest BCUT2D eigenvalue weighted by Crippen LogP contribution is 2.33. The van der Waals surface area contributed by atoms with Gasteiger partial charge in [-0.2, -0.15) is 18.3 Å². The molecule has 11 heteroatoms. The molecule has 4 aromatic rings. The van der Waals surface area contributed by atoms with Crippen LogP contribution in [0.2, 0.25) is 0 Å². The average molecular weight is 539 g/mol. The van der Waals surface area contributed by atoms with Gasteiger partial charge in [0.15, 0.2) is 11.5 Å². The number of halogens is 4. The number of carbonyl (C=O) groups is 1. The number of aromatic nitrogens is 3. The molecule has 1 fully saturated rings. The molecule has 0 saturated heterocycles. The van der Waals surface area contributed by atoms with E-state index in [9.17, 15) is 18.0 Å². The minimum atomic E-state index is -4.79. The molecule has 7 nitrogen and oxygen atoms in total. The van der Waals surface area contributed by atoms with Gasteiger partial charge in [-0.05, 0) is 66.8 Å². The fraction of sp³-hybridized carbons (Fsp3) is 0.250. The van der Waals surface area contributed by atoms with E-state index in [0.29, 0.717) is 29.7 Å². The van der Waals surface area contributed by atoms with E-state index < -0.39 is 35.3 Å². The zero-order valence-electron chi connectivity index (χ0n) is 20.8.